The van der Waals surface area contributed by atoms with Gasteiger partial charge in [0.05, 0.1) is 27.3 Å². The summed E-state index contributed by atoms with van der Waals surface area (Å²) in [5.74, 6) is -1.95. The number of nitrogens with zero attached hydrogens (tertiary/aromatic N) is 1. The minimum absolute atomic E-state index is 0.0295. The quantitative estimate of drug-likeness (QED) is 0.578. The Labute approximate surface area is 190 Å². The SMILES string of the molecule is CN(c1ccc(F)cc1)S(=O)(=O)c1ccc(Cl)c(C(=O)OCC(=O)NCC2CCCO2)c1. The zero-order chi connectivity index (χ0) is 23.3. The van der Waals surface area contributed by atoms with Crippen LogP contribution in [-0.2, 0) is 24.3 Å². The van der Waals surface area contributed by atoms with Gasteiger partial charge in [0, 0.05) is 20.2 Å². The lowest BCUT2D eigenvalue weighted by molar-refractivity contribution is -0.124. The number of benzene rings is 2. The van der Waals surface area contributed by atoms with Crippen LogP contribution in [0.5, 0.6) is 0 Å². The standard InChI is InChI=1S/C21H22ClFN2O6S/c1-25(15-6-4-14(23)5-7-15)32(28,29)17-8-9-19(22)18(11-17)21(27)31-13-20(26)24-12-16-3-2-10-30-16/h4-9,11,16H,2-3,10,12-13H2,1H3,(H,24,26). The van der Waals surface area contributed by atoms with Gasteiger partial charge in [0.2, 0.25) is 0 Å². The predicted octanol–water partition coefficient (Wildman–Crippen LogP) is 2.76. The molecule has 1 heterocycles. The molecule has 1 atom stereocenters. The van der Waals surface area contributed by atoms with Gasteiger partial charge in [0.15, 0.2) is 6.61 Å². The fraction of sp³-hybridized carbons (Fsp3) is 0.333. The van der Waals surface area contributed by atoms with Crippen molar-refractivity contribution in [2.75, 3.05) is 31.1 Å². The number of amides is 1. The second kappa shape index (κ2) is 10.3. The van der Waals surface area contributed by atoms with E-state index in [-0.39, 0.29) is 27.3 Å². The highest BCUT2D eigenvalue weighted by atomic mass is 35.5. The van der Waals surface area contributed by atoms with Crippen LogP contribution in [0.4, 0.5) is 10.1 Å². The van der Waals surface area contributed by atoms with Crippen molar-refractivity contribution in [3.63, 3.8) is 0 Å². The van der Waals surface area contributed by atoms with Crippen LogP contribution in [-0.4, -0.2) is 53.2 Å². The number of sulfonamides is 1. The van der Waals surface area contributed by atoms with E-state index in [1.54, 1.807) is 0 Å². The minimum Gasteiger partial charge on any atom is -0.452 e. The van der Waals surface area contributed by atoms with Crippen LogP contribution >= 0.6 is 11.6 Å². The molecule has 1 unspecified atom stereocenters. The topological polar surface area (TPSA) is 102 Å². The van der Waals surface area contributed by atoms with Crippen LogP contribution in [0.3, 0.4) is 0 Å². The molecule has 2 aromatic carbocycles. The lowest BCUT2D eigenvalue weighted by atomic mass is 10.2. The van der Waals surface area contributed by atoms with Gasteiger partial charge in [-0.2, -0.15) is 0 Å². The molecule has 0 spiro atoms. The molecule has 8 nitrogen and oxygen atoms in total. The molecule has 0 aliphatic carbocycles. The maximum Gasteiger partial charge on any atom is 0.340 e. The van der Waals surface area contributed by atoms with Crippen molar-refractivity contribution in [2.45, 2.75) is 23.8 Å². The van der Waals surface area contributed by atoms with E-state index in [9.17, 15) is 22.4 Å². The molecular weight excluding hydrogens is 463 g/mol. The zero-order valence-electron chi connectivity index (χ0n) is 17.2. The maximum absolute atomic E-state index is 13.1. The highest BCUT2D eigenvalue weighted by Crippen LogP contribution is 2.26. The van der Waals surface area contributed by atoms with Crippen LogP contribution in [0, 0.1) is 5.82 Å². The van der Waals surface area contributed by atoms with Crippen LogP contribution < -0.4 is 9.62 Å². The van der Waals surface area contributed by atoms with E-state index in [0.717, 1.165) is 35.3 Å². The Kier molecular flexibility index (Phi) is 7.70. The smallest absolute Gasteiger partial charge is 0.340 e. The average molecular weight is 485 g/mol. The van der Waals surface area contributed by atoms with Gasteiger partial charge >= 0.3 is 5.97 Å². The summed E-state index contributed by atoms with van der Waals surface area (Å²) >= 11 is 6.05. The number of hydrogen-bond acceptors (Lipinski definition) is 6. The summed E-state index contributed by atoms with van der Waals surface area (Å²) in [5, 5.41) is 2.59. The van der Waals surface area contributed by atoms with E-state index in [1.807, 2.05) is 0 Å². The molecule has 2 aromatic rings. The number of nitrogens with one attached hydrogen (secondary N) is 1. The van der Waals surface area contributed by atoms with Crippen LogP contribution in [0.2, 0.25) is 5.02 Å². The fourth-order valence-electron chi connectivity index (χ4n) is 3.06. The number of halogens is 2. The zero-order valence-corrected chi connectivity index (χ0v) is 18.8. The van der Waals surface area contributed by atoms with Crippen LogP contribution in [0.15, 0.2) is 47.4 Å². The van der Waals surface area contributed by atoms with Crippen molar-refractivity contribution in [1.29, 1.82) is 0 Å². The van der Waals surface area contributed by atoms with Crippen LogP contribution in [0.1, 0.15) is 23.2 Å². The third kappa shape index (κ3) is 5.76. The van der Waals surface area contributed by atoms with Crippen molar-refractivity contribution in [2.24, 2.45) is 0 Å². The van der Waals surface area contributed by atoms with E-state index in [2.05, 4.69) is 5.32 Å². The van der Waals surface area contributed by atoms with Gasteiger partial charge in [-0.15, -0.1) is 0 Å². The van der Waals surface area contributed by atoms with Crippen molar-refractivity contribution in [1.82, 2.24) is 5.32 Å². The summed E-state index contributed by atoms with van der Waals surface area (Å²) in [4.78, 5) is 24.1. The third-order valence-corrected chi connectivity index (χ3v) is 7.00. The summed E-state index contributed by atoms with van der Waals surface area (Å²) in [5.41, 5.74) is 0.0283. The highest BCUT2D eigenvalue weighted by Gasteiger charge is 2.25. The fourth-order valence-corrected chi connectivity index (χ4v) is 4.48. The summed E-state index contributed by atoms with van der Waals surface area (Å²) < 4.78 is 50.4. The largest absolute Gasteiger partial charge is 0.452 e. The van der Waals surface area contributed by atoms with Crippen LogP contribution in [0.25, 0.3) is 0 Å². The number of ether oxygens (including phenoxy) is 2. The molecule has 11 heteroatoms. The minimum atomic E-state index is -4.08. The molecule has 0 saturated carbocycles. The van der Waals surface area contributed by atoms with Gasteiger partial charge in [0.1, 0.15) is 5.82 Å². The van der Waals surface area contributed by atoms with E-state index < -0.39 is 34.3 Å². The first-order chi connectivity index (χ1) is 15.2. The van der Waals surface area contributed by atoms with Crippen molar-refractivity contribution < 1.29 is 31.9 Å². The summed E-state index contributed by atoms with van der Waals surface area (Å²) in [6.07, 6.45) is 1.73. The normalized spacial score (nSPS) is 15.9. The van der Waals surface area contributed by atoms with E-state index in [4.69, 9.17) is 21.1 Å². The molecule has 32 heavy (non-hydrogen) atoms. The first-order valence-electron chi connectivity index (χ1n) is 9.78. The lowest BCUT2D eigenvalue weighted by Gasteiger charge is -2.20. The molecule has 1 aliphatic heterocycles. The molecule has 3 rings (SSSR count). The number of carbonyl (C=O) groups excluding carboxylic acids is 2. The maximum atomic E-state index is 13.1. The average Bonchev–Trinajstić information content (AvgIpc) is 3.30. The van der Waals surface area contributed by atoms with Gasteiger partial charge in [-0.05, 0) is 55.3 Å². The number of carbonyl (C=O) groups is 2. The van der Waals surface area contributed by atoms with Gasteiger partial charge in [-0.25, -0.2) is 17.6 Å². The van der Waals surface area contributed by atoms with E-state index in [1.165, 1.54) is 31.3 Å². The van der Waals surface area contributed by atoms with E-state index in [0.29, 0.717) is 13.2 Å². The number of rotatable bonds is 8. The molecular formula is C21H22ClFN2O6S. The highest BCUT2D eigenvalue weighted by molar-refractivity contribution is 7.92. The number of hydrogen-bond donors (Lipinski definition) is 1. The Morgan fingerprint density at radius 3 is 2.62 bits per heavy atom. The molecule has 1 N–H and O–H groups in total. The number of anilines is 1. The summed E-state index contributed by atoms with van der Waals surface area (Å²) in [7, 11) is -2.78. The molecule has 1 amide bonds. The Hall–Kier alpha value is -2.69. The van der Waals surface area contributed by atoms with Crippen molar-refractivity contribution >= 4 is 39.2 Å². The Balaban J connectivity index is 1.68. The second-order valence-corrected chi connectivity index (χ2v) is 9.48. The summed E-state index contributed by atoms with van der Waals surface area (Å²) in [6, 6.07) is 8.46. The molecule has 1 aliphatic rings. The Morgan fingerprint density at radius 1 is 1.25 bits per heavy atom. The van der Waals surface area contributed by atoms with Gasteiger partial charge in [-0.1, -0.05) is 11.6 Å². The molecule has 172 valence electrons. The molecule has 1 saturated heterocycles. The third-order valence-electron chi connectivity index (χ3n) is 4.89. The lowest BCUT2D eigenvalue weighted by Crippen LogP contribution is -2.34. The van der Waals surface area contributed by atoms with Gasteiger partial charge in [0.25, 0.3) is 15.9 Å². The van der Waals surface area contributed by atoms with E-state index >= 15 is 0 Å². The second-order valence-electron chi connectivity index (χ2n) is 7.11. The molecule has 1 fully saturated rings. The first kappa shape index (κ1) is 24.0. The van der Waals surface area contributed by atoms with Crippen molar-refractivity contribution in [3.8, 4) is 0 Å². The van der Waals surface area contributed by atoms with Crippen molar-refractivity contribution in [3.05, 3.63) is 58.9 Å². The Morgan fingerprint density at radius 2 is 1.97 bits per heavy atom. The monoisotopic (exact) mass is 484 g/mol. The first-order valence-corrected chi connectivity index (χ1v) is 11.6. The molecule has 0 aromatic heterocycles. The predicted molar refractivity (Wildman–Crippen MR) is 116 cm³/mol. The molecule has 0 bridgehead atoms. The number of esters is 1. The van der Waals surface area contributed by atoms with Gasteiger partial charge in [-0.3, -0.25) is 9.10 Å². The van der Waals surface area contributed by atoms with Gasteiger partial charge < -0.3 is 14.8 Å². The Bertz CT molecular complexity index is 1090. The molecule has 0 radical (unpaired) electrons. The summed E-state index contributed by atoms with van der Waals surface area (Å²) in [6.45, 7) is 0.429.